The average molecular weight is 303 g/mol. The van der Waals surface area contributed by atoms with Crippen LogP contribution in [0.25, 0.3) is 0 Å². The molecule has 22 heavy (non-hydrogen) atoms. The van der Waals surface area contributed by atoms with Gasteiger partial charge in [0.05, 0.1) is 13.2 Å². The number of morpholine rings is 1. The lowest BCUT2D eigenvalue weighted by atomic mass is 9.93. The van der Waals surface area contributed by atoms with Crippen LogP contribution in [-0.2, 0) is 4.74 Å². The molecule has 2 aliphatic heterocycles. The Labute approximate surface area is 134 Å². The number of nitrogens with zero attached hydrogens (tertiary/aromatic N) is 3. The number of aryl methyl sites for hydroxylation is 1. The topological polar surface area (TPSA) is 28.6 Å². The Morgan fingerprint density at radius 3 is 2.77 bits per heavy atom. The summed E-state index contributed by atoms with van der Waals surface area (Å²) in [5, 5.41) is 0. The second kappa shape index (κ2) is 7.42. The van der Waals surface area contributed by atoms with Crippen LogP contribution in [0.15, 0.2) is 12.3 Å². The van der Waals surface area contributed by atoms with Crippen molar-refractivity contribution < 1.29 is 4.74 Å². The van der Waals surface area contributed by atoms with E-state index in [0.717, 1.165) is 32.1 Å². The second-order valence-corrected chi connectivity index (χ2v) is 6.55. The number of rotatable bonds is 4. The highest BCUT2D eigenvalue weighted by Crippen LogP contribution is 2.33. The Kier molecular flexibility index (Phi) is 5.32. The summed E-state index contributed by atoms with van der Waals surface area (Å²) in [5.41, 5.74) is 2.83. The van der Waals surface area contributed by atoms with Gasteiger partial charge in [-0.05, 0) is 56.5 Å². The first kappa shape index (κ1) is 15.8. The van der Waals surface area contributed by atoms with Crippen LogP contribution in [-0.4, -0.2) is 49.3 Å². The molecule has 0 bridgehead atoms. The Hall–Kier alpha value is -1.13. The van der Waals surface area contributed by atoms with E-state index < -0.39 is 0 Å². The molecule has 3 rings (SSSR count). The minimum absolute atomic E-state index is 0.569. The summed E-state index contributed by atoms with van der Waals surface area (Å²) in [6.07, 6.45) is 7.33. The third-order valence-electron chi connectivity index (χ3n) is 4.96. The van der Waals surface area contributed by atoms with E-state index in [1.165, 1.54) is 49.9 Å². The maximum Gasteiger partial charge on any atom is 0.128 e. The molecule has 0 N–H and O–H groups in total. The molecule has 1 aromatic rings. The molecular weight excluding hydrogens is 274 g/mol. The molecule has 0 aliphatic carbocycles. The maximum absolute atomic E-state index is 5.44. The zero-order chi connectivity index (χ0) is 15.4. The number of aromatic nitrogens is 1. The van der Waals surface area contributed by atoms with Crippen molar-refractivity contribution in [3.05, 3.63) is 23.4 Å². The van der Waals surface area contributed by atoms with E-state index in [2.05, 4.69) is 35.9 Å². The number of pyridine rings is 1. The van der Waals surface area contributed by atoms with Gasteiger partial charge in [0, 0.05) is 25.3 Å². The van der Waals surface area contributed by atoms with Crippen molar-refractivity contribution in [3.8, 4) is 0 Å². The van der Waals surface area contributed by atoms with Crippen LogP contribution in [0.1, 0.15) is 49.8 Å². The molecule has 4 nitrogen and oxygen atoms in total. The Balaban J connectivity index is 1.78. The van der Waals surface area contributed by atoms with Crippen LogP contribution in [0, 0.1) is 6.92 Å². The molecular formula is C18H29N3O. The molecule has 2 fully saturated rings. The second-order valence-electron chi connectivity index (χ2n) is 6.55. The highest BCUT2D eigenvalue weighted by molar-refractivity contribution is 5.44. The number of likely N-dealkylation sites (tertiary alicyclic amines) is 1. The van der Waals surface area contributed by atoms with Gasteiger partial charge in [-0.2, -0.15) is 0 Å². The van der Waals surface area contributed by atoms with Crippen LogP contribution < -0.4 is 4.90 Å². The number of hydrogen-bond acceptors (Lipinski definition) is 4. The van der Waals surface area contributed by atoms with Gasteiger partial charge in [0.25, 0.3) is 0 Å². The Bertz CT molecular complexity index is 483. The first-order chi connectivity index (χ1) is 10.8. The lowest BCUT2D eigenvalue weighted by Gasteiger charge is -2.37. The molecule has 1 aromatic heterocycles. The molecule has 1 atom stereocenters. The van der Waals surface area contributed by atoms with Gasteiger partial charge in [0.2, 0.25) is 0 Å². The van der Waals surface area contributed by atoms with Gasteiger partial charge < -0.3 is 9.64 Å². The van der Waals surface area contributed by atoms with Crippen molar-refractivity contribution >= 4 is 5.82 Å². The summed E-state index contributed by atoms with van der Waals surface area (Å²) in [4.78, 5) is 9.77. The van der Waals surface area contributed by atoms with E-state index in [-0.39, 0.29) is 0 Å². The average Bonchev–Trinajstić information content (AvgIpc) is 2.57. The van der Waals surface area contributed by atoms with Gasteiger partial charge in [-0.3, -0.25) is 4.90 Å². The summed E-state index contributed by atoms with van der Waals surface area (Å²) < 4.78 is 5.44. The number of piperidine rings is 1. The number of ether oxygens (including phenoxy) is 1. The van der Waals surface area contributed by atoms with E-state index in [4.69, 9.17) is 9.72 Å². The summed E-state index contributed by atoms with van der Waals surface area (Å²) in [6.45, 7) is 10.5. The first-order valence-corrected chi connectivity index (χ1v) is 8.83. The van der Waals surface area contributed by atoms with E-state index in [0.29, 0.717) is 6.04 Å². The zero-order valence-corrected chi connectivity index (χ0v) is 14.1. The minimum Gasteiger partial charge on any atom is -0.378 e. The van der Waals surface area contributed by atoms with Gasteiger partial charge in [-0.15, -0.1) is 0 Å². The molecule has 0 amide bonds. The van der Waals surface area contributed by atoms with Crippen molar-refractivity contribution in [2.45, 2.75) is 45.6 Å². The first-order valence-electron chi connectivity index (χ1n) is 8.83. The normalized spacial score (nSPS) is 23.7. The van der Waals surface area contributed by atoms with Crippen LogP contribution in [0.5, 0.6) is 0 Å². The quantitative estimate of drug-likeness (QED) is 0.854. The van der Waals surface area contributed by atoms with Gasteiger partial charge in [0.1, 0.15) is 5.82 Å². The fourth-order valence-electron chi connectivity index (χ4n) is 3.76. The standard InChI is InChI=1S/C18H29N3O/c1-3-7-20-8-5-4-6-17(20)16-14-19-18(13-15(16)2)21-9-11-22-12-10-21/h13-14,17H,3-12H2,1-2H3. The van der Waals surface area contributed by atoms with Crippen LogP contribution >= 0.6 is 0 Å². The predicted octanol–water partition coefficient (Wildman–Crippen LogP) is 3.16. The van der Waals surface area contributed by atoms with Crippen LogP contribution in [0.2, 0.25) is 0 Å². The molecule has 3 heterocycles. The maximum atomic E-state index is 5.44. The monoisotopic (exact) mass is 303 g/mol. The lowest BCUT2D eigenvalue weighted by molar-refractivity contribution is 0.122. The summed E-state index contributed by atoms with van der Waals surface area (Å²) in [7, 11) is 0. The Morgan fingerprint density at radius 1 is 1.23 bits per heavy atom. The lowest BCUT2D eigenvalue weighted by Crippen LogP contribution is -2.37. The van der Waals surface area contributed by atoms with Crippen molar-refractivity contribution in [2.75, 3.05) is 44.3 Å². The van der Waals surface area contributed by atoms with Crippen molar-refractivity contribution in [1.82, 2.24) is 9.88 Å². The zero-order valence-electron chi connectivity index (χ0n) is 14.1. The SMILES string of the molecule is CCCN1CCCCC1c1cnc(N2CCOCC2)cc1C. The highest BCUT2D eigenvalue weighted by atomic mass is 16.5. The third-order valence-corrected chi connectivity index (χ3v) is 4.96. The molecule has 0 saturated carbocycles. The molecule has 122 valence electrons. The van der Waals surface area contributed by atoms with Crippen LogP contribution in [0.3, 0.4) is 0 Å². The van der Waals surface area contributed by atoms with Crippen molar-refractivity contribution in [3.63, 3.8) is 0 Å². The van der Waals surface area contributed by atoms with Gasteiger partial charge in [-0.25, -0.2) is 4.98 Å². The van der Waals surface area contributed by atoms with Crippen molar-refractivity contribution in [2.24, 2.45) is 0 Å². The third kappa shape index (κ3) is 3.44. The van der Waals surface area contributed by atoms with E-state index in [1.807, 2.05) is 0 Å². The van der Waals surface area contributed by atoms with E-state index in [1.54, 1.807) is 0 Å². The largest absolute Gasteiger partial charge is 0.378 e. The van der Waals surface area contributed by atoms with Gasteiger partial charge in [-0.1, -0.05) is 13.3 Å². The molecule has 0 spiro atoms. The molecule has 2 saturated heterocycles. The number of hydrogen-bond donors (Lipinski definition) is 0. The summed E-state index contributed by atoms with van der Waals surface area (Å²) >= 11 is 0. The summed E-state index contributed by atoms with van der Waals surface area (Å²) in [6, 6.07) is 2.85. The molecule has 1 unspecified atom stereocenters. The van der Waals surface area contributed by atoms with Crippen LogP contribution in [0.4, 0.5) is 5.82 Å². The van der Waals surface area contributed by atoms with Crippen molar-refractivity contribution in [1.29, 1.82) is 0 Å². The van der Waals surface area contributed by atoms with Gasteiger partial charge >= 0.3 is 0 Å². The Morgan fingerprint density at radius 2 is 2.05 bits per heavy atom. The fraction of sp³-hybridized carbons (Fsp3) is 0.722. The smallest absolute Gasteiger partial charge is 0.128 e. The van der Waals surface area contributed by atoms with Gasteiger partial charge in [0.15, 0.2) is 0 Å². The minimum atomic E-state index is 0.569. The molecule has 0 aromatic carbocycles. The fourth-order valence-corrected chi connectivity index (χ4v) is 3.76. The number of anilines is 1. The molecule has 4 heteroatoms. The highest BCUT2D eigenvalue weighted by Gasteiger charge is 2.25. The molecule has 2 aliphatic rings. The molecule has 0 radical (unpaired) electrons. The predicted molar refractivity (Wildman–Crippen MR) is 90.5 cm³/mol. The van der Waals surface area contributed by atoms with E-state index in [9.17, 15) is 0 Å². The summed E-state index contributed by atoms with van der Waals surface area (Å²) in [5.74, 6) is 1.11. The van der Waals surface area contributed by atoms with E-state index >= 15 is 0 Å².